The van der Waals surface area contributed by atoms with Crippen molar-refractivity contribution in [3.8, 4) is 5.75 Å². The number of carbonyl (C=O) groups is 1. The lowest BCUT2D eigenvalue weighted by atomic mass is 10.1. The number of hydrogen-bond acceptors (Lipinski definition) is 2. The third kappa shape index (κ3) is 3.88. The number of quaternary nitrogens is 1. The molecule has 0 atom stereocenters. The predicted molar refractivity (Wildman–Crippen MR) is 122 cm³/mol. The summed E-state index contributed by atoms with van der Waals surface area (Å²) in [5.74, 6) is 0.817. The van der Waals surface area contributed by atoms with Gasteiger partial charge in [-0.1, -0.05) is 72.8 Å². The number of rotatable bonds is 7. The predicted octanol–water partition coefficient (Wildman–Crippen LogP) is 6.65. The summed E-state index contributed by atoms with van der Waals surface area (Å²) in [7, 11) is 0. The molecule has 4 rings (SSSR count). The van der Waals surface area contributed by atoms with Gasteiger partial charge in [-0.05, 0) is 12.1 Å². The Kier molecular flexibility index (Phi) is 6.02. The Morgan fingerprint density at radius 1 is 0.567 bits per heavy atom. The van der Waals surface area contributed by atoms with Gasteiger partial charge in [-0.15, -0.1) is 0 Å². The maximum Gasteiger partial charge on any atom is 0.332 e. The van der Waals surface area contributed by atoms with Gasteiger partial charge in [0.1, 0.15) is 12.4 Å². The third-order valence-electron chi connectivity index (χ3n) is 5.13. The van der Waals surface area contributed by atoms with Crippen LogP contribution in [0.5, 0.6) is 5.75 Å². The van der Waals surface area contributed by atoms with Crippen LogP contribution >= 0.6 is 0 Å². The van der Waals surface area contributed by atoms with Crippen molar-refractivity contribution in [1.82, 2.24) is 4.48 Å². The molecule has 0 spiro atoms. The van der Waals surface area contributed by atoms with Gasteiger partial charge in [-0.2, -0.15) is 4.48 Å². The monoisotopic (exact) mass is 394 g/mol. The van der Waals surface area contributed by atoms with E-state index in [0.717, 1.165) is 22.8 Å². The Labute approximate surface area is 177 Å². The van der Waals surface area contributed by atoms with Crippen molar-refractivity contribution in [1.29, 1.82) is 0 Å². The van der Waals surface area contributed by atoms with Crippen LogP contribution < -0.4 is 9.22 Å². The highest BCUT2D eigenvalue weighted by molar-refractivity contribution is 6.01. The first kappa shape index (κ1) is 19.6. The highest BCUT2D eigenvalue weighted by Gasteiger charge is 2.43. The molecule has 0 N–H and O–H groups in total. The lowest BCUT2D eigenvalue weighted by Crippen LogP contribution is -2.45. The van der Waals surface area contributed by atoms with Gasteiger partial charge in [-0.3, -0.25) is 0 Å². The number of ether oxygens (including phenoxy) is 1. The van der Waals surface area contributed by atoms with E-state index in [9.17, 15) is 4.79 Å². The van der Waals surface area contributed by atoms with Crippen molar-refractivity contribution in [2.75, 3.05) is 6.61 Å². The van der Waals surface area contributed by atoms with Crippen LogP contribution in [0.2, 0.25) is 0 Å². The Bertz CT molecular complexity index is 968. The second-order valence-corrected chi connectivity index (χ2v) is 6.98. The fraction of sp³-hybridized carbons (Fsp3) is 0.0741. The van der Waals surface area contributed by atoms with Gasteiger partial charge in [0.2, 0.25) is 0 Å². The summed E-state index contributed by atoms with van der Waals surface area (Å²) in [6, 6.07) is 39.4. The second-order valence-electron chi connectivity index (χ2n) is 6.98. The molecule has 3 heteroatoms. The first-order chi connectivity index (χ1) is 14.8. The first-order valence-electron chi connectivity index (χ1n) is 10.1. The number of amides is 1. The zero-order valence-corrected chi connectivity index (χ0v) is 16.7. The smallest absolute Gasteiger partial charge is 0.332 e. The quantitative estimate of drug-likeness (QED) is 0.328. The van der Waals surface area contributed by atoms with E-state index in [1.54, 1.807) is 0 Å². The largest absolute Gasteiger partial charge is 0.493 e. The van der Waals surface area contributed by atoms with E-state index in [0.29, 0.717) is 6.61 Å². The standard InChI is InChI=1S/C27H24NO2/c29-27(21-22-30-26-19-11-4-12-20-26)28(23-13-5-1-6-14-23,24-15-7-2-8-16-24)25-17-9-3-10-18-25/h1-20H,21-22H2/q+1. The van der Waals surface area contributed by atoms with E-state index < -0.39 is 0 Å². The molecular weight excluding hydrogens is 370 g/mol. The molecule has 1 amide bonds. The molecule has 0 saturated heterocycles. The second kappa shape index (κ2) is 9.21. The molecule has 3 nitrogen and oxygen atoms in total. The summed E-state index contributed by atoms with van der Waals surface area (Å²) in [4.78, 5) is 13.9. The van der Waals surface area contributed by atoms with Crippen LogP contribution in [-0.2, 0) is 4.79 Å². The SMILES string of the molecule is O=C(CCOc1ccccc1)[N+](c1ccccc1)(c1ccccc1)c1ccccc1. The van der Waals surface area contributed by atoms with E-state index in [1.807, 2.05) is 121 Å². The van der Waals surface area contributed by atoms with Gasteiger partial charge in [0.25, 0.3) is 0 Å². The van der Waals surface area contributed by atoms with Gasteiger partial charge < -0.3 is 4.74 Å². The summed E-state index contributed by atoms with van der Waals surface area (Å²) < 4.78 is 5.86. The average molecular weight is 394 g/mol. The molecule has 0 aromatic heterocycles. The summed E-state index contributed by atoms with van der Waals surface area (Å²) in [6.45, 7) is 0.315. The molecule has 148 valence electrons. The van der Waals surface area contributed by atoms with E-state index in [2.05, 4.69) is 0 Å². The molecule has 0 aliphatic carbocycles. The third-order valence-corrected chi connectivity index (χ3v) is 5.13. The minimum atomic E-state index is 0.0146. The molecule has 0 aliphatic heterocycles. The molecule has 0 fully saturated rings. The summed E-state index contributed by atoms with van der Waals surface area (Å²) >= 11 is 0. The highest BCUT2D eigenvalue weighted by Crippen LogP contribution is 2.44. The van der Waals surface area contributed by atoms with Crippen LogP contribution in [0, 0.1) is 0 Å². The highest BCUT2D eigenvalue weighted by atomic mass is 16.5. The molecule has 4 aromatic carbocycles. The molecule has 0 bridgehead atoms. The van der Waals surface area contributed by atoms with Crippen LogP contribution in [0.4, 0.5) is 17.1 Å². The zero-order chi connectivity index (χ0) is 20.7. The number of carbonyl (C=O) groups excluding carboxylic acids is 1. The Hall–Kier alpha value is -3.69. The van der Waals surface area contributed by atoms with Crippen LogP contribution in [0.1, 0.15) is 6.42 Å². The Morgan fingerprint density at radius 3 is 1.33 bits per heavy atom. The number of hydrogen-bond donors (Lipinski definition) is 0. The zero-order valence-electron chi connectivity index (χ0n) is 16.7. The van der Waals surface area contributed by atoms with Gasteiger partial charge >= 0.3 is 5.91 Å². The Morgan fingerprint density at radius 2 is 0.933 bits per heavy atom. The molecular formula is C27H24NO2+. The first-order valence-corrected chi connectivity index (χ1v) is 10.1. The molecule has 30 heavy (non-hydrogen) atoms. The maximum absolute atomic E-state index is 13.9. The van der Waals surface area contributed by atoms with E-state index in [-0.39, 0.29) is 16.8 Å². The number of benzene rings is 4. The van der Waals surface area contributed by atoms with Crippen molar-refractivity contribution in [3.05, 3.63) is 121 Å². The lowest BCUT2D eigenvalue weighted by Gasteiger charge is -2.34. The fourth-order valence-corrected chi connectivity index (χ4v) is 3.77. The van der Waals surface area contributed by atoms with Gasteiger partial charge in [0, 0.05) is 36.4 Å². The van der Waals surface area contributed by atoms with Crippen LogP contribution in [0.3, 0.4) is 0 Å². The molecule has 0 saturated carbocycles. The van der Waals surface area contributed by atoms with E-state index in [1.165, 1.54) is 0 Å². The summed E-state index contributed by atoms with van der Waals surface area (Å²) in [6.07, 6.45) is 0.271. The maximum atomic E-state index is 13.9. The number of para-hydroxylation sites is 4. The van der Waals surface area contributed by atoms with Crippen molar-refractivity contribution >= 4 is 23.0 Å². The molecule has 4 aromatic rings. The van der Waals surface area contributed by atoms with Gasteiger partial charge in [-0.25, -0.2) is 4.79 Å². The van der Waals surface area contributed by atoms with Gasteiger partial charge in [0.05, 0.1) is 6.42 Å². The van der Waals surface area contributed by atoms with E-state index in [4.69, 9.17) is 4.74 Å². The molecule has 0 heterocycles. The molecule has 0 radical (unpaired) electrons. The Balaban J connectivity index is 1.77. The van der Waals surface area contributed by atoms with Crippen LogP contribution in [0.15, 0.2) is 121 Å². The molecule has 0 aliphatic rings. The molecule has 0 unspecified atom stereocenters. The van der Waals surface area contributed by atoms with Crippen LogP contribution in [-0.4, -0.2) is 12.5 Å². The van der Waals surface area contributed by atoms with Crippen LogP contribution in [0.25, 0.3) is 0 Å². The van der Waals surface area contributed by atoms with Crippen molar-refractivity contribution in [3.63, 3.8) is 0 Å². The van der Waals surface area contributed by atoms with Crippen molar-refractivity contribution in [2.45, 2.75) is 6.42 Å². The van der Waals surface area contributed by atoms with Gasteiger partial charge in [0.15, 0.2) is 17.1 Å². The van der Waals surface area contributed by atoms with E-state index >= 15 is 0 Å². The minimum Gasteiger partial charge on any atom is -0.493 e. The number of nitrogens with zero attached hydrogens (tertiary/aromatic N) is 1. The topological polar surface area (TPSA) is 26.3 Å². The average Bonchev–Trinajstić information content (AvgIpc) is 2.82. The normalized spacial score (nSPS) is 11.1. The van der Waals surface area contributed by atoms with Crippen molar-refractivity contribution < 1.29 is 9.53 Å². The van der Waals surface area contributed by atoms with Crippen molar-refractivity contribution in [2.24, 2.45) is 0 Å². The minimum absolute atomic E-state index is 0.0146. The summed E-state index contributed by atoms with van der Waals surface area (Å²) in [5.41, 5.74) is 2.71. The fourth-order valence-electron chi connectivity index (χ4n) is 3.77. The summed E-state index contributed by atoms with van der Waals surface area (Å²) in [5, 5.41) is 0. The lowest BCUT2D eigenvalue weighted by molar-refractivity contribution is -0.125.